The van der Waals surface area contributed by atoms with Crippen molar-refractivity contribution >= 4 is 28.5 Å². The number of hydrogen-bond acceptors (Lipinski definition) is 4. The monoisotopic (exact) mass is 273 g/mol. The van der Waals surface area contributed by atoms with Gasteiger partial charge in [0.15, 0.2) is 5.65 Å². The molecule has 0 unspecified atom stereocenters. The van der Waals surface area contributed by atoms with Crippen molar-refractivity contribution in [3.8, 4) is 0 Å². The Kier molecular flexibility index (Phi) is 3.29. The van der Waals surface area contributed by atoms with Crippen molar-refractivity contribution in [3.05, 3.63) is 47.4 Å². The first-order valence-corrected chi connectivity index (χ1v) is 6.33. The number of fused-ring (bicyclic) bond motifs is 1. The zero-order chi connectivity index (χ0) is 13.1. The average molecular weight is 274 g/mol. The van der Waals surface area contributed by atoms with Crippen LogP contribution in [0.3, 0.4) is 0 Å². The normalized spacial score (nSPS) is 10.8. The third-order valence-electron chi connectivity index (χ3n) is 2.84. The van der Waals surface area contributed by atoms with Gasteiger partial charge in [0.2, 0.25) is 0 Å². The molecule has 0 aliphatic heterocycles. The average Bonchev–Trinajstić information content (AvgIpc) is 2.88. The van der Waals surface area contributed by atoms with Crippen LogP contribution in [0, 0.1) is 0 Å². The van der Waals surface area contributed by atoms with Crippen molar-refractivity contribution in [2.45, 2.75) is 6.42 Å². The molecule has 0 aliphatic carbocycles. The Morgan fingerprint density at radius 2 is 2.21 bits per heavy atom. The summed E-state index contributed by atoms with van der Waals surface area (Å²) >= 11 is 5.95. The summed E-state index contributed by atoms with van der Waals surface area (Å²) in [5.74, 6) is 0.792. The SMILES string of the molecule is Clc1cccc(CCNc2ncnc3[nH]ncc23)c1. The number of anilines is 1. The van der Waals surface area contributed by atoms with Crippen LogP contribution in [0.2, 0.25) is 5.02 Å². The van der Waals surface area contributed by atoms with Crippen LogP contribution >= 0.6 is 11.6 Å². The number of hydrogen-bond donors (Lipinski definition) is 2. The zero-order valence-electron chi connectivity index (χ0n) is 10.1. The summed E-state index contributed by atoms with van der Waals surface area (Å²) in [6.45, 7) is 0.775. The first-order chi connectivity index (χ1) is 9.33. The Bertz CT molecular complexity index is 694. The Morgan fingerprint density at radius 1 is 1.26 bits per heavy atom. The van der Waals surface area contributed by atoms with E-state index in [2.05, 4.69) is 31.5 Å². The number of H-pyrrole nitrogens is 1. The van der Waals surface area contributed by atoms with Gasteiger partial charge in [-0.15, -0.1) is 0 Å². The molecule has 1 aromatic carbocycles. The number of benzene rings is 1. The summed E-state index contributed by atoms with van der Waals surface area (Å²) in [5, 5.41) is 11.7. The molecule has 19 heavy (non-hydrogen) atoms. The molecule has 3 aromatic rings. The van der Waals surface area contributed by atoms with Gasteiger partial charge in [0.25, 0.3) is 0 Å². The fourth-order valence-corrected chi connectivity index (χ4v) is 2.14. The molecule has 5 nitrogen and oxygen atoms in total. The van der Waals surface area contributed by atoms with Crippen molar-refractivity contribution in [2.75, 3.05) is 11.9 Å². The van der Waals surface area contributed by atoms with Gasteiger partial charge >= 0.3 is 0 Å². The number of rotatable bonds is 4. The van der Waals surface area contributed by atoms with Gasteiger partial charge in [-0.05, 0) is 24.1 Å². The lowest BCUT2D eigenvalue weighted by Gasteiger charge is -2.06. The highest BCUT2D eigenvalue weighted by molar-refractivity contribution is 6.30. The van der Waals surface area contributed by atoms with Crippen molar-refractivity contribution in [1.29, 1.82) is 0 Å². The smallest absolute Gasteiger partial charge is 0.160 e. The Labute approximate surface area is 115 Å². The molecule has 6 heteroatoms. The first kappa shape index (κ1) is 11.9. The summed E-state index contributed by atoms with van der Waals surface area (Å²) in [6, 6.07) is 7.85. The minimum Gasteiger partial charge on any atom is -0.369 e. The predicted octanol–water partition coefficient (Wildman–Crippen LogP) is 2.66. The third kappa shape index (κ3) is 2.66. The van der Waals surface area contributed by atoms with Crippen molar-refractivity contribution < 1.29 is 0 Å². The molecule has 0 saturated carbocycles. The van der Waals surface area contributed by atoms with Gasteiger partial charge in [-0.25, -0.2) is 9.97 Å². The minimum absolute atomic E-state index is 0.736. The maximum atomic E-state index is 5.95. The maximum absolute atomic E-state index is 5.95. The van der Waals surface area contributed by atoms with Gasteiger partial charge in [0, 0.05) is 11.6 Å². The van der Waals surface area contributed by atoms with Gasteiger partial charge in [-0.3, -0.25) is 5.10 Å². The number of nitrogens with one attached hydrogen (secondary N) is 2. The standard InChI is InChI=1S/C13H12ClN5/c14-10-3-1-2-9(6-10)4-5-15-12-11-7-18-19-13(11)17-8-16-12/h1-3,6-8H,4-5H2,(H2,15,16,17,18,19). The van der Waals surface area contributed by atoms with Crippen LogP contribution in [0.25, 0.3) is 11.0 Å². The van der Waals surface area contributed by atoms with Gasteiger partial charge in [0.05, 0.1) is 11.6 Å². The molecule has 0 radical (unpaired) electrons. The van der Waals surface area contributed by atoms with Crippen molar-refractivity contribution in [2.24, 2.45) is 0 Å². The van der Waals surface area contributed by atoms with E-state index in [1.165, 1.54) is 11.9 Å². The quantitative estimate of drug-likeness (QED) is 0.767. The predicted molar refractivity (Wildman–Crippen MR) is 75.3 cm³/mol. The lowest BCUT2D eigenvalue weighted by molar-refractivity contribution is 1.01. The molecular formula is C13H12ClN5. The molecule has 96 valence electrons. The number of aromatic nitrogens is 4. The highest BCUT2D eigenvalue weighted by Gasteiger charge is 2.04. The molecule has 0 aliphatic rings. The van der Waals surface area contributed by atoms with E-state index in [-0.39, 0.29) is 0 Å². The second-order valence-corrected chi connectivity index (χ2v) is 4.60. The highest BCUT2D eigenvalue weighted by atomic mass is 35.5. The molecule has 0 fully saturated rings. The van der Waals surface area contributed by atoms with Crippen LogP contribution in [-0.4, -0.2) is 26.7 Å². The summed E-state index contributed by atoms with van der Waals surface area (Å²) < 4.78 is 0. The van der Waals surface area contributed by atoms with Gasteiger partial charge in [-0.2, -0.15) is 5.10 Å². The highest BCUT2D eigenvalue weighted by Crippen LogP contribution is 2.16. The summed E-state index contributed by atoms with van der Waals surface area (Å²) in [4.78, 5) is 8.31. The minimum atomic E-state index is 0.736. The number of nitrogens with zero attached hydrogens (tertiary/aromatic N) is 3. The summed E-state index contributed by atoms with van der Waals surface area (Å²) in [7, 11) is 0. The zero-order valence-corrected chi connectivity index (χ0v) is 10.9. The van der Waals surface area contributed by atoms with Crippen LogP contribution < -0.4 is 5.32 Å². The first-order valence-electron chi connectivity index (χ1n) is 5.95. The van der Waals surface area contributed by atoms with E-state index in [1.54, 1.807) is 6.20 Å². The maximum Gasteiger partial charge on any atom is 0.160 e. The van der Waals surface area contributed by atoms with Crippen LogP contribution in [0.1, 0.15) is 5.56 Å². The van der Waals surface area contributed by atoms with E-state index in [0.717, 1.165) is 34.8 Å². The van der Waals surface area contributed by atoms with Crippen molar-refractivity contribution in [1.82, 2.24) is 20.2 Å². The van der Waals surface area contributed by atoms with E-state index >= 15 is 0 Å². The Hall–Kier alpha value is -2.14. The molecule has 0 spiro atoms. The van der Waals surface area contributed by atoms with E-state index in [1.807, 2.05) is 18.2 Å². The molecule has 0 bridgehead atoms. The topological polar surface area (TPSA) is 66.5 Å². The fourth-order valence-electron chi connectivity index (χ4n) is 1.92. The summed E-state index contributed by atoms with van der Waals surface area (Å²) in [6.07, 6.45) is 4.11. The van der Waals surface area contributed by atoms with Gasteiger partial charge in [-0.1, -0.05) is 23.7 Å². The van der Waals surface area contributed by atoms with Crippen LogP contribution in [-0.2, 0) is 6.42 Å². The Balaban J connectivity index is 1.68. The summed E-state index contributed by atoms with van der Waals surface area (Å²) in [5.41, 5.74) is 1.93. The molecule has 2 heterocycles. The molecule has 0 saturated heterocycles. The second kappa shape index (κ2) is 5.24. The third-order valence-corrected chi connectivity index (χ3v) is 3.08. The number of halogens is 1. The Morgan fingerprint density at radius 3 is 3.11 bits per heavy atom. The fraction of sp³-hybridized carbons (Fsp3) is 0.154. The molecule has 2 N–H and O–H groups in total. The molecule has 0 amide bonds. The molecule has 3 rings (SSSR count). The second-order valence-electron chi connectivity index (χ2n) is 4.16. The molecule has 2 aromatic heterocycles. The molecule has 0 atom stereocenters. The van der Waals surface area contributed by atoms with Crippen molar-refractivity contribution in [3.63, 3.8) is 0 Å². The van der Waals surface area contributed by atoms with E-state index < -0.39 is 0 Å². The lowest BCUT2D eigenvalue weighted by Crippen LogP contribution is -2.06. The van der Waals surface area contributed by atoms with E-state index in [9.17, 15) is 0 Å². The van der Waals surface area contributed by atoms with Crippen LogP contribution in [0.5, 0.6) is 0 Å². The van der Waals surface area contributed by atoms with Crippen LogP contribution in [0.15, 0.2) is 36.8 Å². The van der Waals surface area contributed by atoms with Crippen LogP contribution in [0.4, 0.5) is 5.82 Å². The largest absolute Gasteiger partial charge is 0.369 e. The lowest BCUT2D eigenvalue weighted by atomic mass is 10.1. The van der Waals surface area contributed by atoms with E-state index in [0.29, 0.717) is 0 Å². The van der Waals surface area contributed by atoms with Gasteiger partial charge in [0.1, 0.15) is 12.1 Å². The molecular weight excluding hydrogens is 262 g/mol. The number of aromatic amines is 1. The van der Waals surface area contributed by atoms with E-state index in [4.69, 9.17) is 11.6 Å². The van der Waals surface area contributed by atoms with Gasteiger partial charge < -0.3 is 5.32 Å².